The summed E-state index contributed by atoms with van der Waals surface area (Å²) < 4.78 is 24.3. The maximum atomic E-state index is 11.4. The Hall–Kier alpha value is -0.820. The first kappa shape index (κ1) is 14.6. The average Bonchev–Trinajstić information content (AvgIpc) is 2.39. The largest absolute Gasteiger partial charge is 0.370 e. The van der Waals surface area contributed by atoms with Crippen molar-refractivity contribution in [3.8, 4) is 0 Å². The van der Waals surface area contributed by atoms with E-state index in [0.717, 1.165) is 12.8 Å². The van der Waals surface area contributed by atoms with Gasteiger partial charge in [0.25, 0.3) is 0 Å². The highest BCUT2D eigenvalue weighted by Crippen LogP contribution is 2.20. The van der Waals surface area contributed by atoms with Crippen molar-refractivity contribution in [1.29, 1.82) is 0 Å². The van der Waals surface area contributed by atoms with Gasteiger partial charge < -0.3 is 10.6 Å². The van der Waals surface area contributed by atoms with Crippen molar-refractivity contribution in [3.05, 3.63) is 0 Å². The summed E-state index contributed by atoms with van der Waals surface area (Å²) in [6, 6.07) is 0.363. The van der Waals surface area contributed by atoms with Crippen LogP contribution in [0.1, 0.15) is 32.1 Å². The molecule has 1 heterocycles. The van der Waals surface area contributed by atoms with E-state index in [0.29, 0.717) is 38.2 Å². The molecule has 0 radical (unpaired) electrons. The highest BCUT2D eigenvalue weighted by atomic mass is 32.2. The molecule has 0 atom stereocenters. The third-order valence-electron chi connectivity index (χ3n) is 3.92. The molecule has 2 fully saturated rings. The number of hydrogen-bond donors (Lipinski definition) is 1. The highest BCUT2D eigenvalue weighted by molar-refractivity contribution is 7.88. The van der Waals surface area contributed by atoms with Gasteiger partial charge in [0.1, 0.15) is 0 Å². The number of piperazine rings is 1. The van der Waals surface area contributed by atoms with Crippen LogP contribution >= 0.6 is 0 Å². The van der Waals surface area contributed by atoms with E-state index in [1.54, 1.807) is 0 Å². The predicted molar refractivity (Wildman–Crippen MR) is 76.5 cm³/mol. The van der Waals surface area contributed by atoms with Gasteiger partial charge in [-0.05, 0) is 12.8 Å². The minimum Gasteiger partial charge on any atom is -0.370 e. The molecule has 110 valence electrons. The van der Waals surface area contributed by atoms with Crippen LogP contribution < -0.4 is 5.73 Å². The van der Waals surface area contributed by atoms with Crippen LogP contribution in [0.25, 0.3) is 0 Å². The summed E-state index contributed by atoms with van der Waals surface area (Å²) in [5, 5.41) is 0. The Morgan fingerprint density at radius 1 is 1.11 bits per heavy atom. The number of guanidine groups is 1. The maximum Gasteiger partial charge on any atom is 0.211 e. The second-order valence-corrected chi connectivity index (χ2v) is 7.41. The molecule has 1 aliphatic heterocycles. The van der Waals surface area contributed by atoms with Crippen LogP contribution in [0.15, 0.2) is 4.99 Å². The summed E-state index contributed by atoms with van der Waals surface area (Å²) in [6.07, 6.45) is 7.29. The molecule has 0 aromatic heterocycles. The summed E-state index contributed by atoms with van der Waals surface area (Å²) in [4.78, 5) is 6.60. The van der Waals surface area contributed by atoms with E-state index < -0.39 is 10.0 Å². The van der Waals surface area contributed by atoms with Crippen molar-refractivity contribution in [2.24, 2.45) is 10.7 Å². The monoisotopic (exact) mass is 288 g/mol. The predicted octanol–water partition coefficient (Wildman–Crippen LogP) is 0.211. The van der Waals surface area contributed by atoms with Crippen molar-refractivity contribution in [2.75, 3.05) is 32.4 Å². The van der Waals surface area contributed by atoms with Crippen molar-refractivity contribution in [1.82, 2.24) is 9.21 Å². The molecular formula is C12H24N4O2S. The van der Waals surface area contributed by atoms with E-state index in [-0.39, 0.29) is 0 Å². The van der Waals surface area contributed by atoms with E-state index in [1.165, 1.54) is 29.8 Å². The lowest BCUT2D eigenvalue weighted by molar-refractivity contribution is 0.263. The first-order valence-electron chi connectivity index (χ1n) is 7.00. The Bertz CT molecular complexity index is 421. The fourth-order valence-corrected chi connectivity index (χ4v) is 3.55. The standard InChI is InChI=1S/C12H24N4O2S/c1-19(17,18)16-9-7-15(8-10-16)12(13)14-11-5-3-2-4-6-11/h11H,2-10H2,1H3,(H2,13,14). The SMILES string of the molecule is CS(=O)(=O)N1CCN(C(N)=NC2CCCCC2)CC1. The number of hydrogen-bond acceptors (Lipinski definition) is 3. The van der Waals surface area contributed by atoms with Gasteiger partial charge in [-0.25, -0.2) is 13.4 Å². The van der Waals surface area contributed by atoms with Crippen molar-refractivity contribution in [3.63, 3.8) is 0 Å². The number of aliphatic imine (C=N–C) groups is 1. The average molecular weight is 288 g/mol. The maximum absolute atomic E-state index is 11.4. The molecule has 7 heteroatoms. The summed E-state index contributed by atoms with van der Waals surface area (Å²) in [7, 11) is -3.08. The van der Waals surface area contributed by atoms with E-state index in [1.807, 2.05) is 4.90 Å². The van der Waals surface area contributed by atoms with Crippen molar-refractivity contribution < 1.29 is 8.42 Å². The molecule has 2 aliphatic rings. The molecule has 6 nitrogen and oxygen atoms in total. The Morgan fingerprint density at radius 2 is 1.68 bits per heavy atom. The van der Waals surface area contributed by atoms with E-state index in [9.17, 15) is 8.42 Å². The molecular weight excluding hydrogens is 264 g/mol. The second kappa shape index (κ2) is 6.09. The third-order valence-corrected chi connectivity index (χ3v) is 5.22. The van der Waals surface area contributed by atoms with E-state index in [2.05, 4.69) is 4.99 Å². The van der Waals surface area contributed by atoms with Gasteiger partial charge in [-0.2, -0.15) is 4.31 Å². The third kappa shape index (κ3) is 4.07. The second-order valence-electron chi connectivity index (χ2n) is 5.43. The normalized spacial score (nSPS) is 24.7. The number of rotatable bonds is 2. The van der Waals surface area contributed by atoms with Gasteiger partial charge in [-0.3, -0.25) is 0 Å². The van der Waals surface area contributed by atoms with Gasteiger partial charge in [-0.15, -0.1) is 0 Å². The van der Waals surface area contributed by atoms with Crippen molar-refractivity contribution >= 4 is 16.0 Å². The molecule has 0 aromatic carbocycles. The van der Waals surface area contributed by atoms with Gasteiger partial charge in [0, 0.05) is 26.2 Å². The molecule has 0 amide bonds. The number of sulfonamides is 1. The van der Waals surface area contributed by atoms with Crippen LogP contribution in [0.4, 0.5) is 0 Å². The molecule has 0 spiro atoms. The minimum atomic E-state index is -3.08. The lowest BCUT2D eigenvalue weighted by Crippen LogP contribution is -2.52. The van der Waals surface area contributed by atoms with Crippen LogP contribution in [0.5, 0.6) is 0 Å². The number of nitrogens with two attached hydrogens (primary N) is 1. The summed E-state index contributed by atoms with van der Waals surface area (Å²) in [5.41, 5.74) is 6.04. The van der Waals surface area contributed by atoms with E-state index >= 15 is 0 Å². The van der Waals surface area contributed by atoms with Gasteiger partial charge in [0.05, 0.1) is 12.3 Å². The molecule has 1 saturated carbocycles. The first-order valence-corrected chi connectivity index (χ1v) is 8.85. The highest BCUT2D eigenvalue weighted by Gasteiger charge is 2.24. The Kier molecular flexibility index (Phi) is 4.67. The Morgan fingerprint density at radius 3 is 2.21 bits per heavy atom. The van der Waals surface area contributed by atoms with Gasteiger partial charge >= 0.3 is 0 Å². The summed E-state index contributed by atoms with van der Waals surface area (Å²) in [5.74, 6) is 0.583. The molecule has 1 saturated heterocycles. The minimum absolute atomic E-state index is 0.363. The van der Waals surface area contributed by atoms with Gasteiger partial charge in [0.15, 0.2) is 5.96 Å². The van der Waals surface area contributed by atoms with Crippen LogP contribution in [-0.4, -0.2) is 62.1 Å². The lowest BCUT2D eigenvalue weighted by Gasteiger charge is -2.34. The van der Waals surface area contributed by atoms with Crippen LogP contribution in [0, 0.1) is 0 Å². The molecule has 0 unspecified atom stereocenters. The Balaban J connectivity index is 1.88. The zero-order chi connectivity index (χ0) is 13.9. The summed E-state index contributed by atoms with van der Waals surface area (Å²) >= 11 is 0. The lowest BCUT2D eigenvalue weighted by atomic mass is 9.96. The van der Waals surface area contributed by atoms with Crippen LogP contribution in [-0.2, 0) is 10.0 Å². The zero-order valence-corrected chi connectivity index (χ0v) is 12.4. The van der Waals surface area contributed by atoms with Crippen molar-refractivity contribution in [2.45, 2.75) is 38.1 Å². The Labute approximate surface area is 115 Å². The first-order chi connectivity index (χ1) is 8.97. The molecule has 2 rings (SSSR count). The zero-order valence-electron chi connectivity index (χ0n) is 11.6. The van der Waals surface area contributed by atoms with Gasteiger partial charge in [0.2, 0.25) is 10.0 Å². The molecule has 0 bridgehead atoms. The fourth-order valence-electron chi connectivity index (χ4n) is 2.73. The quantitative estimate of drug-likeness (QED) is 0.582. The van der Waals surface area contributed by atoms with Gasteiger partial charge in [-0.1, -0.05) is 19.3 Å². The molecule has 1 aliphatic carbocycles. The molecule has 19 heavy (non-hydrogen) atoms. The fraction of sp³-hybridized carbons (Fsp3) is 0.917. The molecule has 0 aromatic rings. The topological polar surface area (TPSA) is 79.0 Å². The van der Waals surface area contributed by atoms with E-state index in [4.69, 9.17) is 5.73 Å². The smallest absolute Gasteiger partial charge is 0.211 e. The molecule has 2 N–H and O–H groups in total. The number of nitrogens with zero attached hydrogens (tertiary/aromatic N) is 3. The van der Waals surface area contributed by atoms with Crippen LogP contribution in [0.2, 0.25) is 0 Å². The van der Waals surface area contributed by atoms with Crippen LogP contribution in [0.3, 0.4) is 0 Å². The summed E-state index contributed by atoms with van der Waals surface area (Å²) in [6.45, 7) is 2.27.